The molecule has 0 bridgehead atoms. The van der Waals surface area contributed by atoms with E-state index in [4.69, 9.17) is 4.74 Å². The average Bonchev–Trinajstić information content (AvgIpc) is 3.41. The average molecular weight is 540 g/mol. The van der Waals surface area contributed by atoms with Crippen molar-refractivity contribution in [2.75, 3.05) is 11.9 Å². The van der Waals surface area contributed by atoms with E-state index in [0.717, 1.165) is 24.0 Å². The summed E-state index contributed by atoms with van der Waals surface area (Å²) in [6.07, 6.45) is 0.615. The number of nitrogens with one attached hydrogen (secondary N) is 1. The second kappa shape index (κ2) is 10.0. The Morgan fingerprint density at radius 1 is 1.10 bits per heavy atom. The number of imidazole rings is 1. The monoisotopic (exact) mass is 539 g/mol. The number of nitrogens with zero attached hydrogens (tertiary/aromatic N) is 2. The van der Waals surface area contributed by atoms with Gasteiger partial charge in [0.1, 0.15) is 17.3 Å². The molecule has 0 atom stereocenters. The summed E-state index contributed by atoms with van der Waals surface area (Å²) in [6, 6.07) is 11.3. The van der Waals surface area contributed by atoms with Crippen LogP contribution < -0.4 is 10.1 Å². The number of carbonyl (C=O) groups excluding carboxylic acids is 1. The number of rotatable bonds is 9. The number of hydrogen-bond donors (Lipinski definition) is 1. The van der Waals surface area contributed by atoms with Crippen molar-refractivity contribution < 1.29 is 27.1 Å². The summed E-state index contributed by atoms with van der Waals surface area (Å²) in [4.78, 5) is 17.3. The molecule has 39 heavy (non-hydrogen) atoms. The Labute approximate surface area is 223 Å². The van der Waals surface area contributed by atoms with Crippen molar-refractivity contribution in [3.63, 3.8) is 0 Å². The van der Waals surface area contributed by atoms with Gasteiger partial charge in [0.2, 0.25) is 0 Å². The van der Waals surface area contributed by atoms with E-state index in [0.29, 0.717) is 46.1 Å². The van der Waals surface area contributed by atoms with Crippen LogP contribution in [0.3, 0.4) is 0 Å². The minimum Gasteiger partial charge on any atom is -0.455 e. The third kappa shape index (κ3) is 6.08. The normalized spacial score (nSPS) is 14.4. The second-order valence-corrected chi connectivity index (χ2v) is 10.7. The first-order valence-electron chi connectivity index (χ1n) is 12.8. The van der Waals surface area contributed by atoms with Gasteiger partial charge in [-0.1, -0.05) is 25.1 Å². The summed E-state index contributed by atoms with van der Waals surface area (Å²) in [7, 11) is 0. The molecule has 2 heterocycles. The van der Waals surface area contributed by atoms with Crippen molar-refractivity contribution in [1.29, 1.82) is 0 Å². The van der Waals surface area contributed by atoms with Crippen molar-refractivity contribution >= 4 is 17.1 Å². The van der Waals surface area contributed by atoms with Crippen LogP contribution in [0.2, 0.25) is 0 Å². The minimum atomic E-state index is -4.32. The number of fused-ring (bicyclic) bond motifs is 1. The number of ketones is 1. The van der Waals surface area contributed by atoms with Gasteiger partial charge in [0, 0.05) is 36.2 Å². The van der Waals surface area contributed by atoms with Gasteiger partial charge in [-0.25, -0.2) is 9.37 Å². The van der Waals surface area contributed by atoms with Gasteiger partial charge in [-0.15, -0.1) is 0 Å². The molecule has 1 saturated carbocycles. The number of aromatic nitrogens is 2. The molecule has 4 aromatic rings. The summed E-state index contributed by atoms with van der Waals surface area (Å²) in [5.41, 5.74) is 4.54. The molecule has 1 N–H and O–H groups in total. The summed E-state index contributed by atoms with van der Waals surface area (Å²) in [6.45, 7) is 5.44. The second-order valence-electron chi connectivity index (χ2n) is 10.7. The predicted molar refractivity (Wildman–Crippen MR) is 142 cm³/mol. The van der Waals surface area contributed by atoms with Crippen molar-refractivity contribution in [2.45, 2.75) is 52.6 Å². The van der Waals surface area contributed by atoms with E-state index in [1.54, 1.807) is 35.9 Å². The first-order valence-corrected chi connectivity index (χ1v) is 12.8. The van der Waals surface area contributed by atoms with Gasteiger partial charge >= 0.3 is 6.18 Å². The molecular weight excluding hydrogens is 510 g/mol. The fraction of sp³-hybridized carbons (Fsp3) is 0.333. The molecule has 5 nitrogen and oxygen atoms in total. The number of alkyl halides is 3. The van der Waals surface area contributed by atoms with Gasteiger partial charge < -0.3 is 10.1 Å². The van der Waals surface area contributed by atoms with Crippen molar-refractivity contribution in [1.82, 2.24) is 9.38 Å². The zero-order valence-electron chi connectivity index (χ0n) is 22.0. The number of halogens is 4. The highest BCUT2D eigenvalue weighted by Gasteiger charge is 2.39. The van der Waals surface area contributed by atoms with E-state index < -0.39 is 18.4 Å². The Kier molecular flexibility index (Phi) is 6.86. The van der Waals surface area contributed by atoms with Crippen molar-refractivity contribution in [2.24, 2.45) is 5.41 Å². The molecule has 1 aliphatic carbocycles. The molecular formula is C30H29F4N3O2. The van der Waals surface area contributed by atoms with E-state index in [9.17, 15) is 22.4 Å². The standard InChI is InChI=1S/C30H29F4N3O2/c1-18-4-6-21(31)13-27(18)39-22-14-24(35-11-10-30(32,33)34)28-36-16-25(37(28)17-22)20-5-7-23(19(2)12-20)26(38)15-29(3)8-9-29/h4-7,12-14,16-17,35H,8-11,15H2,1-3H3. The Balaban J connectivity index is 1.52. The zero-order valence-corrected chi connectivity index (χ0v) is 22.0. The highest BCUT2D eigenvalue weighted by molar-refractivity contribution is 5.98. The molecule has 5 rings (SSSR count). The lowest BCUT2D eigenvalue weighted by Crippen LogP contribution is -2.15. The van der Waals surface area contributed by atoms with Gasteiger partial charge in [-0.05, 0) is 55.4 Å². The van der Waals surface area contributed by atoms with Crippen LogP contribution in [0.25, 0.3) is 16.9 Å². The third-order valence-corrected chi connectivity index (χ3v) is 7.20. The van der Waals surface area contributed by atoms with Crippen LogP contribution in [0.4, 0.5) is 23.2 Å². The number of Topliss-reactive ketones (excluding diaryl/α,β-unsaturated/α-hetero) is 1. The molecule has 0 aliphatic heterocycles. The van der Waals surface area contributed by atoms with E-state index in [1.165, 1.54) is 12.1 Å². The molecule has 1 fully saturated rings. The molecule has 1 aliphatic rings. The third-order valence-electron chi connectivity index (χ3n) is 7.20. The van der Waals surface area contributed by atoms with E-state index in [1.807, 2.05) is 25.1 Å². The maximum absolute atomic E-state index is 13.9. The molecule has 9 heteroatoms. The van der Waals surface area contributed by atoms with Crippen LogP contribution >= 0.6 is 0 Å². The number of anilines is 1. The van der Waals surface area contributed by atoms with Crippen molar-refractivity contribution in [3.05, 3.63) is 77.4 Å². The van der Waals surface area contributed by atoms with Crippen LogP contribution in [-0.2, 0) is 0 Å². The first kappa shape index (κ1) is 26.7. The molecule has 0 spiro atoms. The van der Waals surface area contributed by atoms with Crippen LogP contribution in [0.5, 0.6) is 11.5 Å². The first-order chi connectivity index (χ1) is 18.4. The summed E-state index contributed by atoms with van der Waals surface area (Å²) in [5.74, 6) is 0.241. The molecule has 0 radical (unpaired) electrons. The molecule has 2 aromatic heterocycles. The lowest BCUT2D eigenvalue weighted by atomic mass is 9.93. The molecule has 0 amide bonds. The lowest BCUT2D eigenvalue weighted by Gasteiger charge is -2.15. The highest BCUT2D eigenvalue weighted by Crippen LogP contribution is 2.48. The van der Waals surface area contributed by atoms with Gasteiger partial charge in [0.05, 0.1) is 30.2 Å². The molecule has 2 aromatic carbocycles. The Hall–Kier alpha value is -3.88. The van der Waals surface area contributed by atoms with Crippen LogP contribution in [0.1, 0.15) is 54.1 Å². The Bertz CT molecular complexity index is 1550. The Morgan fingerprint density at radius 2 is 1.87 bits per heavy atom. The van der Waals surface area contributed by atoms with Crippen LogP contribution in [-0.4, -0.2) is 27.9 Å². The van der Waals surface area contributed by atoms with Gasteiger partial charge in [0.15, 0.2) is 11.4 Å². The predicted octanol–water partition coefficient (Wildman–Crippen LogP) is 8.29. The Morgan fingerprint density at radius 3 is 2.56 bits per heavy atom. The highest BCUT2D eigenvalue weighted by atomic mass is 19.4. The number of pyridine rings is 1. The number of hydrogen-bond acceptors (Lipinski definition) is 4. The molecule has 0 unspecified atom stereocenters. The van der Waals surface area contributed by atoms with Crippen LogP contribution in [0.15, 0.2) is 54.9 Å². The van der Waals surface area contributed by atoms with E-state index >= 15 is 0 Å². The number of aryl methyl sites for hydroxylation is 2. The number of carbonyl (C=O) groups is 1. The van der Waals surface area contributed by atoms with Gasteiger partial charge in [-0.2, -0.15) is 13.2 Å². The summed E-state index contributed by atoms with van der Waals surface area (Å²) < 4.78 is 60.1. The fourth-order valence-corrected chi connectivity index (χ4v) is 4.62. The van der Waals surface area contributed by atoms with Gasteiger partial charge in [-0.3, -0.25) is 9.20 Å². The summed E-state index contributed by atoms with van der Waals surface area (Å²) >= 11 is 0. The topological polar surface area (TPSA) is 55.6 Å². The zero-order chi connectivity index (χ0) is 27.9. The molecule has 204 valence electrons. The largest absolute Gasteiger partial charge is 0.455 e. The van der Waals surface area contributed by atoms with E-state index in [-0.39, 0.29) is 17.7 Å². The minimum absolute atomic E-state index is 0.107. The van der Waals surface area contributed by atoms with Gasteiger partial charge in [0.25, 0.3) is 0 Å². The quantitative estimate of drug-likeness (QED) is 0.172. The SMILES string of the molecule is Cc1ccc(F)cc1Oc1cc(NCCC(F)(F)F)c2ncc(-c3ccc(C(=O)CC4(C)CC4)c(C)c3)n2c1. The molecule has 0 saturated heterocycles. The number of ether oxygens (including phenoxy) is 1. The fourth-order valence-electron chi connectivity index (χ4n) is 4.62. The maximum atomic E-state index is 13.9. The summed E-state index contributed by atoms with van der Waals surface area (Å²) in [5, 5.41) is 2.82. The maximum Gasteiger partial charge on any atom is 0.390 e. The number of benzene rings is 2. The van der Waals surface area contributed by atoms with Crippen LogP contribution in [0, 0.1) is 25.1 Å². The lowest BCUT2D eigenvalue weighted by molar-refractivity contribution is -0.131. The van der Waals surface area contributed by atoms with E-state index in [2.05, 4.69) is 17.2 Å². The van der Waals surface area contributed by atoms with Crippen molar-refractivity contribution in [3.8, 4) is 22.8 Å². The smallest absolute Gasteiger partial charge is 0.390 e.